The Morgan fingerprint density at radius 3 is 1.75 bits per heavy atom. The first-order chi connectivity index (χ1) is 6.91. The van der Waals surface area contributed by atoms with E-state index in [2.05, 4.69) is 11.9 Å². The molecular weight excluding hydrogens is 276 g/mol. The van der Waals surface area contributed by atoms with Gasteiger partial charge in [-0.25, -0.2) is 11.9 Å². The summed E-state index contributed by atoms with van der Waals surface area (Å²) in [5.74, 6) is -1.98. The van der Waals surface area contributed by atoms with Crippen LogP contribution in [0.15, 0.2) is 0 Å². The summed E-state index contributed by atoms with van der Waals surface area (Å²) in [5, 5.41) is 53.4. The van der Waals surface area contributed by atoms with E-state index < -0.39 is 37.0 Å². The summed E-state index contributed by atoms with van der Waals surface area (Å²) in [5.41, 5.74) is 0. The van der Waals surface area contributed by atoms with Crippen molar-refractivity contribution in [2.75, 3.05) is 6.61 Å². The molecule has 0 saturated carbocycles. The van der Waals surface area contributed by atoms with Gasteiger partial charge < -0.3 is 40.1 Å². The monoisotopic (exact) mass is 286 g/mol. The van der Waals surface area contributed by atoms with Crippen LogP contribution in [0.2, 0.25) is 0 Å². The molecule has 0 aromatic rings. The third-order valence-corrected chi connectivity index (χ3v) is 1.50. The zero-order valence-electron chi connectivity index (χ0n) is 8.06. The van der Waals surface area contributed by atoms with Gasteiger partial charge in [0.2, 0.25) is 0 Å². The molecule has 0 aromatic heterocycles. The smallest absolute Gasteiger partial charge is 0.769 e. The van der Waals surface area contributed by atoms with Crippen molar-refractivity contribution >= 4 is 55.6 Å². The van der Waals surface area contributed by atoms with Gasteiger partial charge in [0.1, 0.15) is 24.4 Å². The largest absolute Gasteiger partial charge is 2.00 e. The number of carboxylic acid groups (broad SMARTS) is 1. The number of rotatable bonds is 5. The average Bonchev–Trinajstić information content (AvgIpc) is 2.27. The summed E-state index contributed by atoms with van der Waals surface area (Å²) in [6.45, 7) is -0.863. The van der Waals surface area contributed by atoms with Gasteiger partial charge in [0.05, 0.1) is 12.6 Å². The van der Waals surface area contributed by atoms with Gasteiger partial charge in [-0.2, -0.15) is 0 Å². The number of aliphatic hydroxyl groups excluding tert-OH is 5. The Morgan fingerprint density at radius 2 is 1.50 bits per heavy atom. The maximum Gasteiger partial charge on any atom is 2.00 e. The van der Waals surface area contributed by atoms with Crippen LogP contribution in [0.25, 0.3) is 0 Å². The second-order valence-electron chi connectivity index (χ2n) is 2.49. The second kappa shape index (κ2) is 12.2. The number of halogens is 1. The molecule has 0 bridgehead atoms. The van der Waals surface area contributed by atoms with Crippen molar-refractivity contribution in [1.29, 1.82) is 0 Å². The van der Waals surface area contributed by atoms with E-state index >= 15 is 0 Å². The van der Waals surface area contributed by atoms with Crippen molar-refractivity contribution in [2.24, 2.45) is 0 Å². The van der Waals surface area contributed by atoms with Gasteiger partial charge in [0.25, 0.3) is 0 Å². The van der Waals surface area contributed by atoms with Crippen molar-refractivity contribution in [1.82, 2.24) is 0 Å². The standard InChI is InChI=1S/C6H12O7.Ca.ClO/c7-1-2(8)3(9)4(10)5(11)6(12)13;;1-2/h2-5,7-11H,1H2,(H,12,13);;/q;+2;-1/p-1/t2-,3-,4+,5-;;/m1../s1. The van der Waals surface area contributed by atoms with Crippen LogP contribution in [0.4, 0.5) is 0 Å². The fraction of sp³-hybridized carbons (Fsp3) is 0.833. The van der Waals surface area contributed by atoms with E-state index in [4.69, 9.17) is 30.2 Å². The minimum absolute atomic E-state index is 0. The van der Waals surface area contributed by atoms with E-state index in [1.54, 1.807) is 0 Å². The maximum absolute atomic E-state index is 9.98. The number of carbonyl (C=O) groups is 1. The summed E-state index contributed by atoms with van der Waals surface area (Å²) in [4.78, 5) is 9.98. The summed E-state index contributed by atoms with van der Waals surface area (Å²) in [6.07, 6.45) is -8.08. The molecule has 4 atom stereocenters. The Bertz CT molecular complexity index is 182. The zero-order valence-corrected chi connectivity index (χ0v) is 11.0. The first kappa shape index (κ1) is 22.0. The topological polar surface area (TPSA) is 164 Å². The first-order valence-corrected chi connectivity index (χ1v) is 3.92. The normalized spacial score (nSPS) is 16.9. The molecule has 5 N–H and O–H groups in total. The van der Waals surface area contributed by atoms with Crippen molar-refractivity contribution in [2.45, 2.75) is 24.4 Å². The van der Waals surface area contributed by atoms with E-state index in [0.29, 0.717) is 0 Å². The molecule has 0 spiro atoms. The van der Waals surface area contributed by atoms with E-state index in [0.717, 1.165) is 0 Å². The molecule has 0 unspecified atom stereocenters. The molecule has 0 amide bonds. The van der Waals surface area contributed by atoms with Crippen LogP contribution in [0.1, 0.15) is 0 Å². The molecule has 0 aliphatic rings. The Kier molecular flexibility index (Phi) is 16.8. The SMILES string of the molecule is O=C([O-])[C@H](O)[C@@H](O)[C@H](O)[C@H](O)CO.[Ca+2].[O-]Cl. The number of aliphatic carboxylic acids is 1. The van der Waals surface area contributed by atoms with E-state index in [1.807, 2.05) is 0 Å². The van der Waals surface area contributed by atoms with Gasteiger partial charge in [-0.15, -0.1) is 0 Å². The van der Waals surface area contributed by atoms with Gasteiger partial charge in [-0.1, -0.05) is 0 Å². The summed E-state index contributed by atoms with van der Waals surface area (Å²) < 4.78 is 7.72. The Labute approximate surface area is 126 Å². The number of hydrogen-bond donors (Lipinski definition) is 5. The molecule has 0 saturated heterocycles. The quantitative estimate of drug-likeness (QED) is 0.312. The van der Waals surface area contributed by atoms with Gasteiger partial charge in [-0.3, -0.25) is 0 Å². The van der Waals surface area contributed by atoms with Crippen LogP contribution < -0.4 is 9.77 Å². The Hall–Kier alpha value is 0.780. The van der Waals surface area contributed by atoms with Gasteiger partial charge in [0.15, 0.2) is 0 Å². The zero-order chi connectivity index (χ0) is 12.6. The van der Waals surface area contributed by atoms with Crippen LogP contribution >= 0.6 is 11.9 Å². The third-order valence-electron chi connectivity index (χ3n) is 1.50. The first-order valence-electron chi connectivity index (χ1n) is 3.61. The minimum atomic E-state index is -2.31. The van der Waals surface area contributed by atoms with Crippen LogP contribution in [0.3, 0.4) is 0 Å². The van der Waals surface area contributed by atoms with Gasteiger partial charge in [0, 0.05) is 0 Å². The molecule has 8 nitrogen and oxygen atoms in total. The molecule has 10 heteroatoms. The maximum atomic E-state index is 9.98. The molecule has 0 aliphatic heterocycles. The van der Waals surface area contributed by atoms with Crippen LogP contribution in [0, 0.1) is 0 Å². The molecule has 16 heavy (non-hydrogen) atoms. The van der Waals surface area contributed by atoms with Crippen molar-refractivity contribution < 1.29 is 40.1 Å². The predicted molar refractivity (Wildman–Crippen MR) is 47.7 cm³/mol. The Morgan fingerprint density at radius 1 is 1.12 bits per heavy atom. The van der Waals surface area contributed by atoms with Crippen molar-refractivity contribution in [3.8, 4) is 0 Å². The van der Waals surface area contributed by atoms with Crippen LogP contribution in [-0.4, -0.2) is 100 Å². The molecule has 0 aliphatic carbocycles. The van der Waals surface area contributed by atoms with E-state index in [1.165, 1.54) is 0 Å². The molecule has 0 heterocycles. The molecule has 0 rings (SSSR count). The molecule has 0 fully saturated rings. The van der Waals surface area contributed by atoms with Gasteiger partial charge in [-0.05, 0) is 0 Å². The average molecular weight is 287 g/mol. The fourth-order valence-electron chi connectivity index (χ4n) is 0.662. The molecular formula is C6H11CaClO8. The number of carbonyl (C=O) groups excluding carboxylic acids is 1. The van der Waals surface area contributed by atoms with E-state index in [-0.39, 0.29) is 37.7 Å². The summed E-state index contributed by atoms with van der Waals surface area (Å²) >= 11 is 3.39. The number of carboxylic acids is 1. The van der Waals surface area contributed by atoms with Crippen molar-refractivity contribution in [3.05, 3.63) is 0 Å². The van der Waals surface area contributed by atoms with Crippen molar-refractivity contribution in [3.63, 3.8) is 0 Å². The van der Waals surface area contributed by atoms with Gasteiger partial charge >= 0.3 is 37.7 Å². The predicted octanol–water partition coefficient (Wildman–Crippen LogP) is -5.71. The van der Waals surface area contributed by atoms with Crippen LogP contribution in [0.5, 0.6) is 0 Å². The van der Waals surface area contributed by atoms with E-state index in [9.17, 15) is 9.90 Å². The Balaban J connectivity index is -0.000000529. The van der Waals surface area contributed by atoms with Crippen LogP contribution in [-0.2, 0) is 4.79 Å². The summed E-state index contributed by atoms with van der Waals surface area (Å²) in [6, 6.07) is 0. The number of hydrogen-bond acceptors (Lipinski definition) is 8. The number of aliphatic hydroxyl groups is 5. The minimum Gasteiger partial charge on any atom is -0.769 e. The molecule has 92 valence electrons. The third kappa shape index (κ3) is 7.96. The molecule has 0 aromatic carbocycles. The molecule has 0 radical (unpaired) electrons. The fourth-order valence-corrected chi connectivity index (χ4v) is 0.662. The summed E-state index contributed by atoms with van der Waals surface area (Å²) in [7, 11) is 0. The second-order valence-corrected chi connectivity index (χ2v) is 2.49.